The van der Waals surface area contributed by atoms with Crippen LogP contribution in [0.1, 0.15) is 33.6 Å². The predicted octanol–water partition coefficient (Wildman–Crippen LogP) is 1.45. The van der Waals surface area contributed by atoms with E-state index >= 15 is 0 Å². The van der Waals surface area contributed by atoms with Crippen LogP contribution in [0.4, 0.5) is 0 Å². The Balaban J connectivity index is 2.57. The van der Waals surface area contributed by atoms with Gasteiger partial charge in [0.05, 0.1) is 0 Å². The van der Waals surface area contributed by atoms with Crippen molar-refractivity contribution in [3.8, 4) is 0 Å². The fourth-order valence-electron chi connectivity index (χ4n) is 2.38. The first kappa shape index (κ1) is 10.0. The quantitative estimate of drug-likeness (QED) is 0.694. The molecule has 1 fully saturated rings. The smallest absolute Gasteiger partial charge is 0.0336 e. The molecule has 0 unspecified atom stereocenters. The van der Waals surface area contributed by atoms with Crippen molar-refractivity contribution in [2.24, 2.45) is 11.7 Å². The highest BCUT2D eigenvalue weighted by molar-refractivity contribution is 5.01. The predicted molar refractivity (Wildman–Crippen MR) is 53.1 cm³/mol. The molecule has 1 saturated carbocycles. The van der Waals surface area contributed by atoms with E-state index in [2.05, 4.69) is 32.7 Å². The summed E-state index contributed by atoms with van der Waals surface area (Å²) in [7, 11) is 2.20. The van der Waals surface area contributed by atoms with Gasteiger partial charge in [0.15, 0.2) is 0 Å². The zero-order valence-electron chi connectivity index (χ0n) is 8.80. The minimum absolute atomic E-state index is 0.327. The van der Waals surface area contributed by atoms with E-state index in [0.717, 1.165) is 12.5 Å². The Bertz CT molecular complexity index is 148. The van der Waals surface area contributed by atoms with Crippen molar-refractivity contribution in [3.05, 3.63) is 0 Å². The first-order valence-electron chi connectivity index (χ1n) is 4.95. The zero-order valence-corrected chi connectivity index (χ0v) is 8.80. The van der Waals surface area contributed by atoms with Crippen LogP contribution in [0.15, 0.2) is 0 Å². The molecular weight excluding hydrogens is 148 g/mol. The van der Waals surface area contributed by atoms with Gasteiger partial charge in [-0.3, -0.25) is 4.90 Å². The number of rotatable bonds is 3. The number of hydrogen-bond acceptors (Lipinski definition) is 2. The van der Waals surface area contributed by atoms with E-state index in [1.165, 1.54) is 12.8 Å². The summed E-state index contributed by atoms with van der Waals surface area (Å²) < 4.78 is 0. The third-order valence-corrected chi connectivity index (χ3v) is 3.36. The summed E-state index contributed by atoms with van der Waals surface area (Å²) in [4.78, 5) is 2.44. The van der Waals surface area contributed by atoms with Gasteiger partial charge < -0.3 is 5.73 Å². The Labute approximate surface area is 76.1 Å². The van der Waals surface area contributed by atoms with Gasteiger partial charge in [-0.25, -0.2) is 0 Å². The molecule has 0 spiro atoms. The zero-order chi connectivity index (χ0) is 9.35. The monoisotopic (exact) mass is 170 g/mol. The van der Waals surface area contributed by atoms with E-state index in [4.69, 9.17) is 5.73 Å². The van der Waals surface area contributed by atoms with Crippen LogP contribution in [0.25, 0.3) is 0 Å². The van der Waals surface area contributed by atoms with Crippen LogP contribution in [0.5, 0.6) is 0 Å². The molecule has 2 N–H and O–H groups in total. The van der Waals surface area contributed by atoms with Crippen LogP contribution in [-0.2, 0) is 0 Å². The molecule has 0 radical (unpaired) electrons. The fraction of sp³-hybridized carbons (Fsp3) is 1.00. The summed E-state index contributed by atoms with van der Waals surface area (Å²) in [6.07, 6.45) is 2.55. The lowest BCUT2D eigenvalue weighted by Gasteiger charge is -2.53. The Morgan fingerprint density at radius 2 is 2.00 bits per heavy atom. The van der Waals surface area contributed by atoms with E-state index < -0.39 is 0 Å². The molecule has 0 bridgehead atoms. The molecule has 1 aliphatic carbocycles. The molecule has 0 amide bonds. The highest BCUT2D eigenvalue weighted by Crippen LogP contribution is 2.41. The van der Waals surface area contributed by atoms with Crippen molar-refractivity contribution in [2.45, 2.75) is 45.2 Å². The number of nitrogens with zero attached hydrogens (tertiary/aromatic N) is 1. The van der Waals surface area contributed by atoms with Crippen LogP contribution in [0.3, 0.4) is 0 Å². The maximum Gasteiger partial charge on any atom is 0.0336 e. The molecular formula is C10H22N2. The van der Waals surface area contributed by atoms with Crippen molar-refractivity contribution in [3.63, 3.8) is 0 Å². The van der Waals surface area contributed by atoms with Gasteiger partial charge in [0.1, 0.15) is 0 Å². The van der Waals surface area contributed by atoms with Crippen LogP contribution >= 0.6 is 0 Å². The fourth-order valence-corrected chi connectivity index (χ4v) is 2.38. The molecule has 12 heavy (non-hydrogen) atoms. The topological polar surface area (TPSA) is 29.3 Å². The first-order valence-corrected chi connectivity index (χ1v) is 4.95. The van der Waals surface area contributed by atoms with Gasteiger partial charge in [0.2, 0.25) is 0 Å². The van der Waals surface area contributed by atoms with Crippen LogP contribution < -0.4 is 5.73 Å². The molecule has 1 rings (SSSR count). The maximum atomic E-state index is 5.83. The van der Waals surface area contributed by atoms with E-state index in [-0.39, 0.29) is 0 Å². The summed E-state index contributed by atoms with van der Waals surface area (Å²) in [5.41, 5.74) is 6.16. The Morgan fingerprint density at radius 1 is 1.50 bits per heavy atom. The second-order valence-corrected chi connectivity index (χ2v) is 4.65. The van der Waals surface area contributed by atoms with Gasteiger partial charge in [0.25, 0.3) is 0 Å². The van der Waals surface area contributed by atoms with Gasteiger partial charge >= 0.3 is 0 Å². The van der Waals surface area contributed by atoms with Crippen molar-refractivity contribution < 1.29 is 0 Å². The second kappa shape index (κ2) is 3.35. The molecule has 0 heterocycles. The third kappa shape index (κ3) is 1.50. The van der Waals surface area contributed by atoms with Crippen molar-refractivity contribution >= 4 is 0 Å². The maximum absolute atomic E-state index is 5.83. The first-order chi connectivity index (χ1) is 5.52. The van der Waals surface area contributed by atoms with Gasteiger partial charge in [-0.2, -0.15) is 0 Å². The molecule has 0 saturated heterocycles. The summed E-state index contributed by atoms with van der Waals surface area (Å²) in [6.45, 7) is 7.59. The summed E-state index contributed by atoms with van der Waals surface area (Å²) in [6, 6.07) is 0.612. The standard InChI is InChI=1S/C10H22N2/c1-8(2)12(4)10(7-11)5-9(3)6-10/h8-9H,5-7,11H2,1-4H3. The highest BCUT2D eigenvalue weighted by atomic mass is 15.2. The Morgan fingerprint density at radius 3 is 2.25 bits per heavy atom. The van der Waals surface area contributed by atoms with Crippen LogP contribution in [0.2, 0.25) is 0 Å². The lowest BCUT2D eigenvalue weighted by atomic mass is 9.68. The number of hydrogen-bond donors (Lipinski definition) is 1. The van der Waals surface area contributed by atoms with E-state index in [1.807, 2.05) is 0 Å². The molecule has 0 aromatic carbocycles. The Kier molecular flexibility index (Phi) is 2.79. The summed E-state index contributed by atoms with van der Waals surface area (Å²) >= 11 is 0. The van der Waals surface area contributed by atoms with Gasteiger partial charge in [-0.15, -0.1) is 0 Å². The molecule has 72 valence electrons. The SMILES string of the molecule is CC1CC(CN)(N(C)C(C)C)C1. The van der Waals surface area contributed by atoms with Gasteiger partial charge in [-0.1, -0.05) is 6.92 Å². The van der Waals surface area contributed by atoms with Crippen molar-refractivity contribution in [1.29, 1.82) is 0 Å². The van der Waals surface area contributed by atoms with Crippen molar-refractivity contribution in [2.75, 3.05) is 13.6 Å². The number of nitrogens with two attached hydrogens (primary N) is 1. The van der Waals surface area contributed by atoms with Gasteiger partial charge in [0, 0.05) is 18.1 Å². The molecule has 1 aliphatic rings. The molecule has 0 aliphatic heterocycles. The van der Waals surface area contributed by atoms with E-state index in [1.54, 1.807) is 0 Å². The lowest BCUT2D eigenvalue weighted by Crippen LogP contribution is -2.61. The van der Waals surface area contributed by atoms with Crippen LogP contribution in [-0.4, -0.2) is 30.1 Å². The molecule has 0 aromatic rings. The molecule has 2 heteroatoms. The third-order valence-electron chi connectivity index (χ3n) is 3.36. The minimum atomic E-state index is 0.327. The van der Waals surface area contributed by atoms with E-state index in [9.17, 15) is 0 Å². The average Bonchev–Trinajstić information content (AvgIpc) is 1.96. The second-order valence-electron chi connectivity index (χ2n) is 4.65. The summed E-state index contributed by atoms with van der Waals surface area (Å²) in [5.74, 6) is 0.870. The molecule has 0 aromatic heterocycles. The minimum Gasteiger partial charge on any atom is -0.329 e. The highest BCUT2D eigenvalue weighted by Gasteiger charge is 2.44. The van der Waals surface area contributed by atoms with Gasteiger partial charge in [-0.05, 0) is 39.7 Å². The summed E-state index contributed by atoms with van der Waals surface area (Å²) in [5, 5.41) is 0. The van der Waals surface area contributed by atoms with E-state index in [0.29, 0.717) is 11.6 Å². The number of likely N-dealkylation sites (N-methyl/N-ethyl adjacent to an activating group) is 1. The van der Waals surface area contributed by atoms with Crippen LogP contribution in [0, 0.1) is 5.92 Å². The lowest BCUT2D eigenvalue weighted by molar-refractivity contribution is -0.0134. The molecule has 0 atom stereocenters. The Hall–Kier alpha value is -0.0800. The largest absolute Gasteiger partial charge is 0.329 e. The molecule has 2 nitrogen and oxygen atoms in total. The van der Waals surface area contributed by atoms with Crippen molar-refractivity contribution in [1.82, 2.24) is 4.90 Å². The average molecular weight is 170 g/mol. The normalized spacial score (nSPS) is 35.8.